The van der Waals surface area contributed by atoms with Gasteiger partial charge in [-0.25, -0.2) is 0 Å². The lowest BCUT2D eigenvalue weighted by Gasteiger charge is -2.08. The normalized spacial score (nSPS) is 12.7. The zero-order valence-electron chi connectivity index (χ0n) is 6.72. The van der Waals surface area contributed by atoms with Crippen molar-refractivity contribution >= 4 is 5.97 Å². The first-order chi connectivity index (χ1) is 4.70. The molecule has 0 radical (unpaired) electrons. The van der Waals surface area contributed by atoms with Crippen LogP contribution in [0.2, 0.25) is 0 Å². The van der Waals surface area contributed by atoms with Crippen molar-refractivity contribution in [2.45, 2.75) is 26.4 Å². The maximum atomic E-state index is 10.6. The van der Waals surface area contributed by atoms with Crippen LogP contribution in [-0.2, 0) is 14.3 Å². The number of esters is 1. The maximum Gasteiger partial charge on any atom is 0.305 e. The Morgan fingerprint density at radius 3 is 2.60 bits per heavy atom. The van der Waals surface area contributed by atoms with Gasteiger partial charge in [0.05, 0.1) is 6.10 Å². The largest absolute Gasteiger partial charge is 0.463 e. The summed E-state index contributed by atoms with van der Waals surface area (Å²) in [6.07, 6.45) is 0.423. The molecule has 0 N–H and O–H groups in total. The van der Waals surface area contributed by atoms with Crippen molar-refractivity contribution in [1.82, 2.24) is 0 Å². The van der Waals surface area contributed by atoms with E-state index >= 15 is 0 Å². The third-order valence-corrected chi connectivity index (χ3v) is 1.17. The van der Waals surface area contributed by atoms with Crippen LogP contribution in [0.1, 0.15) is 20.3 Å². The number of hydrogen-bond donors (Lipinski definition) is 0. The number of carbonyl (C=O) groups excluding carboxylic acids is 1. The first-order valence-corrected chi connectivity index (χ1v) is 3.39. The monoisotopic (exact) mass is 146 g/mol. The van der Waals surface area contributed by atoms with Crippen LogP contribution in [0.4, 0.5) is 0 Å². The molecule has 0 aromatic rings. The predicted octanol–water partition coefficient (Wildman–Crippen LogP) is 0.975. The van der Waals surface area contributed by atoms with E-state index in [0.717, 1.165) is 0 Å². The van der Waals surface area contributed by atoms with E-state index in [2.05, 4.69) is 0 Å². The first kappa shape index (κ1) is 9.43. The molecule has 1 atom stereocenters. The van der Waals surface area contributed by atoms with E-state index in [9.17, 15) is 4.79 Å². The summed E-state index contributed by atoms with van der Waals surface area (Å²) in [5.74, 6) is -0.177. The van der Waals surface area contributed by atoms with Crippen LogP contribution in [0.5, 0.6) is 0 Å². The van der Waals surface area contributed by atoms with Gasteiger partial charge >= 0.3 is 5.97 Å². The highest BCUT2D eigenvalue weighted by Crippen LogP contribution is 1.91. The zero-order chi connectivity index (χ0) is 7.98. The van der Waals surface area contributed by atoms with E-state index in [1.165, 1.54) is 0 Å². The maximum absolute atomic E-state index is 10.6. The van der Waals surface area contributed by atoms with Crippen molar-refractivity contribution < 1.29 is 14.3 Å². The smallest absolute Gasteiger partial charge is 0.305 e. The van der Waals surface area contributed by atoms with Crippen molar-refractivity contribution in [3.8, 4) is 0 Å². The summed E-state index contributed by atoms with van der Waals surface area (Å²) in [4.78, 5) is 10.6. The molecule has 0 aliphatic rings. The second kappa shape index (κ2) is 5.23. The van der Waals surface area contributed by atoms with Crippen LogP contribution in [0.15, 0.2) is 0 Å². The molecule has 3 nitrogen and oxygen atoms in total. The Labute approximate surface area is 61.3 Å². The van der Waals surface area contributed by atoms with Gasteiger partial charge in [0.2, 0.25) is 0 Å². The molecule has 0 aromatic carbocycles. The SMILES string of the molecule is CCC(=O)OCC(C)OC. The Morgan fingerprint density at radius 1 is 1.60 bits per heavy atom. The van der Waals surface area contributed by atoms with Gasteiger partial charge in [0.15, 0.2) is 0 Å². The average molecular weight is 146 g/mol. The summed E-state index contributed by atoms with van der Waals surface area (Å²) < 4.78 is 9.65. The van der Waals surface area contributed by atoms with E-state index in [4.69, 9.17) is 9.47 Å². The molecule has 1 unspecified atom stereocenters. The van der Waals surface area contributed by atoms with Crippen LogP contribution in [-0.4, -0.2) is 25.8 Å². The minimum absolute atomic E-state index is 0.00417. The minimum Gasteiger partial charge on any atom is -0.463 e. The van der Waals surface area contributed by atoms with E-state index < -0.39 is 0 Å². The average Bonchev–Trinajstić information content (AvgIpc) is 1.99. The van der Waals surface area contributed by atoms with Gasteiger partial charge in [0.1, 0.15) is 6.61 Å². The van der Waals surface area contributed by atoms with Crippen molar-refractivity contribution in [2.75, 3.05) is 13.7 Å². The molecule has 0 aromatic heterocycles. The Kier molecular flexibility index (Phi) is 4.94. The molecule has 0 aliphatic carbocycles. The molecule has 0 saturated heterocycles. The number of ether oxygens (including phenoxy) is 2. The Balaban J connectivity index is 3.26. The Hall–Kier alpha value is -0.570. The highest BCUT2D eigenvalue weighted by atomic mass is 16.6. The molecule has 60 valence electrons. The molecule has 0 aliphatic heterocycles. The van der Waals surface area contributed by atoms with Crippen LogP contribution in [0, 0.1) is 0 Å². The van der Waals surface area contributed by atoms with E-state index in [-0.39, 0.29) is 12.1 Å². The quantitative estimate of drug-likeness (QED) is 0.554. The summed E-state index contributed by atoms with van der Waals surface area (Å²) >= 11 is 0. The number of rotatable bonds is 4. The standard InChI is InChI=1S/C7H14O3/c1-4-7(8)10-5-6(2)9-3/h6H,4-5H2,1-3H3. The third-order valence-electron chi connectivity index (χ3n) is 1.17. The minimum atomic E-state index is -0.177. The molecular formula is C7H14O3. The van der Waals surface area contributed by atoms with Crippen molar-refractivity contribution in [2.24, 2.45) is 0 Å². The van der Waals surface area contributed by atoms with Crippen LogP contribution in [0.3, 0.4) is 0 Å². The number of methoxy groups -OCH3 is 1. The summed E-state index contributed by atoms with van der Waals surface area (Å²) in [6, 6.07) is 0. The highest BCUT2D eigenvalue weighted by Gasteiger charge is 2.02. The summed E-state index contributed by atoms with van der Waals surface area (Å²) in [5.41, 5.74) is 0. The number of hydrogen-bond acceptors (Lipinski definition) is 3. The lowest BCUT2D eigenvalue weighted by Crippen LogP contribution is -2.16. The van der Waals surface area contributed by atoms with Gasteiger partial charge in [-0.3, -0.25) is 4.79 Å². The van der Waals surface area contributed by atoms with Crippen molar-refractivity contribution in [3.05, 3.63) is 0 Å². The van der Waals surface area contributed by atoms with E-state index in [1.807, 2.05) is 6.92 Å². The van der Waals surface area contributed by atoms with Crippen LogP contribution in [0.25, 0.3) is 0 Å². The lowest BCUT2D eigenvalue weighted by molar-refractivity contribution is -0.146. The lowest BCUT2D eigenvalue weighted by atomic mass is 10.4. The van der Waals surface area contributed by atoms with Gasteiger partial charge in [-0.2, -0.15) is 0 Å². The predicted molar refractivity (Wildman–Crippen MR) is 37.7 cm³/mol. The third kappa shape index (κ3) is 4.32. The summed E-state index contributed by atoms with van der Waals surface area (Å²) in [7, 11) is 1.59. The fourth-order valence-electron chi connectivity index (χ4n) is 0.380. The number of carbonyl (C=O) groups is 1. The molecular weight excluding hydrogens is 132 g/mol. The first-order valence-electron chi connectivity index (χ1n) is 3.39. The summed E-state index contributed by atoms with van der Waals surface area (Å²) in [5, 5.41) is 0. The molecule has 0 spiro atoms. The highest BCUT2D eigenvalue weighted by molar-refractivity contribution is 5.68. The van der Waals surface area contributed by atoms with Gasteiger partial charge in [-0.05, 0) is 6.92 Å². The summed E-state index contributed by atoms with van der Waals surface area (Å²) in [6.45, 7) is 3.96. The second-order valence-electron chi connectivity index (χ2n) is 2.08. The molecule has 0 bridgehead atoms. The van der Waals surface area contributed by atoms with Gasteiger partial charge < -0.3 is 9.47 Å². The van der Waals surface area contributed by atoms with Crippen LogP contribution < -0.4 is 0 Å². The Bertz CT molecular complexity index is 101. The van der Waals surface area contributed by atoms with Crippen LogP contribution >= 0.6 is 0 Å². The molecule has 10 heavy (non-hydrogen) atoms. The molecule has 0 rings (SSSR count). The molecule has 0 heterocycles. The molecule has 3 heteroatoms. The van der Waals surface area contributed by atoms with Gasteiger partial charge in [-0.1, -0.05) is 6.92 Å². The fourth-order valence-corrected chi connectivity index (χ4v) is 0.380. The topological polar surface area (TPSA) is 35.5 Å². The van der Waals surface area contributed by atoms with Gasteiger partial charge in [0.25, 0.3) is 0 Å². The van der Waals surface area contributed by atoms with E-state index in [0.29, 0.717) is 13.0 Å². The molecule has 0 amide bonds. The van der Waals surface area contributed by atoms with Crippen molar-refractivity contribution in [3.63, 3.8) is 0 Å². The molecule has 0 fully saturated rings. The second-order valence-corrected chi connectivity index (χ2v) is 2.08. The van der Waals surface area contributed by atoms with Crippen molar-refractivity contribution in [1.29, 1.82) is 0 Å². The molecule has 0 saturated carbocycles. The Morgan fingerprint density at radius 2 is 2.20 bits per heavy atom. The van der Waals surface area contributed by atoms with Gasteiger partial charge in [-0.15, -0.1) is 0 Å². The zero-order valence-corrected chi connectivity index (χ0v) is 6.72. The van der Waals surface area contributed by atoms with E-state index in [1.54, 1.807) is 14.0 Å². The fraction of sp³-hybridized carbons (Fsp3) is 0.857. The van der Waals surface area contributed by atoms with Gasteiger partial charge in [0, 0.05) is 13.5 Å².